The SMILES string of the molecule is CCOc1ccccc1NC(=O)N1CCC(N2CCC(Oc3nccs3)CC2)CC1.O=C(O)C(=O)O. The summed E-state index contributed by atoms with van der Waals surface area (Å²) in [7, 11) is 0. The van der Waals surface area contributed by atoms with Crippen LogP contribution in [0.3, 0.4) is 0 Å². The second kappa shape index (κ2) is 13.6. The van der Waals surface area contributed by atoms with Crippen LogP contribution >= 0.6 is 11.3 Å². The molecule has 0 unspecified atom stereocenters. The minimum atomic E-state index is -1.82. The van der Waals surface area contributed by atoms with Crippen molar-refractivity contribution in [3.05, 3.63) is 35.8 Å². The van der Waals surface area contributed by atoms with Crippen LogP contribution in [0.2, 0.25) is 0 Å². The highest BCUT2D eigenvalue weighted by Crippen LogP contribution is 2.27. The number of hydrogen-bond acceptors (Lipinski definition) is 8. The Morgan fingerprint density at radius 3 is 2.31 bits per heavy atom. The van der Waals surface area contributed by atoms with E-state index in [-0.39, 0.29) is 12.1 Å². The van der Waals surface area contributed by atoms with Crippen molar-refractivity contribution in [2.24, 2.45) is 0 Å². The number of aliphatic carboxylic acids is 2. The molecule has 0 bridgehead atoms. The van der Waals surface area contributed by atoms with E-state index in [1.807, 2.05) is 41.5 Å². The molecule has 0 aliphatic carbocycles. The summed E-state index contributed by atoms with van der Waals surface area (Å²) in [6.45, 7) is 6.18. The van der Waals surface area contributed by atoms with Crippen molar-refractivity contribution >= 4 is 35.0 Å². The Labute approximate surface area is 213 Å². The first-order valence-electron chi connectivity index (χ1n) is 11.9. The number of benzene rings is 1. The maximum Gasteiger partial charge on any atom is 0.414 e. The zero-order valence-electron chi connectivity index (χ0n) is 20.2. The van der Waals surface area contributed by atoms with Gasteiger partial charge in [-0.05, 0) is 44.7 Å². The number of rotatable bonds is 6. The van der Waals surface area contributed by atoms with Crippen LogP contribution in [0.15, 0.2) is 35.8 Å². The van der Waals surface area contributed by atoms with E-state index < -0.39 is 11.9 Å². The van der Waals surface area contributed by atoms with Crippen molar-refractivity contribution < 1.29 is 34.1 Å². The van der Waals surface area contributed by atoms with Gasteiger partial charge in [0, 0.05) is 43.8 Å². The van der Waals surface area contributed by atoms with E-state index in [1.54, 1.807) is 17.5 Å². The van der Waals surface area contributed by atoms with E-state index >= 15 is 0 Å². The number of carbonyl (C=O) groups excluding carboxylic acids is 1. The van der Waals surface area contributed by atoms with Crippen LogP contribution in [0, 0.1) is 0 Å². The molecule has 0 spiro atoms. The number of carboxylic acids is 2. The van der Waals surface area contributed by atoms with Gasteiger partial charge in [0.05, 0.1) is 12.3 Å². The number of anilines is 1. The fourth-order valence-corrected chi connectivity index (χ4v) is 4.80. The van der Waals surface area contributed by atoms with Crippen molar-refractivity contribution in [2.45, 2.75) is 44.8 Å². The number of hydrogen-bond donors (Lipinski definition) is 3. The van der Waals surface area contributed by atoms with Crippen LogP contribution < -0.4 is 14.8 Å². The molecule has 0 radical (unpaired) electrons. The number of nitrogens with zero attached hydrogens (tertiary/aromatic N) is 3. The highest BCUT2D eigenvalue weighted by Gasteiger charge is 2.30. The van der Waals surface area contributed by atoms with Crippen LogP contribution in [0.25, 0.3) is 0 Å². The summed E-state index contributed by atoms with van der Waals surface area (Å²) in [6.07, 6.45) is 6.15. The Morgan fingerprint density at radius 2 is 1.72 bits per heavy atom. The molecule has 2 fully saturated rings. The maximum absolute atomic E-state index is 12.7. The summed E-state index contributed by atoms with van der Waals surface area (Å²) >= 11 is 1.55. The van der Waals surface area contributed by atoms with E-state index in [9.17, 15) is 4.79 Å². The van der Waals surface area contributed by atoms with E-state index in [0.29, 0.717) is 18.4 Å². The van der Waals surface area contributed by atoms with Gasteiger partial charge < -0.3 is 29.9 Å². The fourth-order valence-electron chi connectivity index (χ4n) is 4.25. The number of likely N-dealkylation sites (tertiary alicyclic amines) is 2. The molecule has 12 heteroatoms. The normalized spacial score (nSPS) is 17.0. The summed E-state index contributed by atoms with van der Waals surface area (Å²) in [5.41, 5.74) is 0.730. The highest BCUT2D eigenvalue weighted by atomic mass is 32.1. The van der Waals surface area contributed by atoms with Gasteiger partial charge in [-0.3, -0.25) is 4.90 Å². The Hall–Kier alpha value is -3.38. The number of nitrogens with one attached hydrogen (secondary N) is 1. The van der Waals surface area contributed by atoms with Gasteiger partial charge in [0.1, 0.15) is 11.9 Å². The van der Waals surface area contributed by atoms with Crippen LogP contribution in [0.5, 0.6) is 10.9 Å². The molecule has 2 aliphatic rings. The number of para-hydroxylation sites is 2. The number of aromatic nitrogens is 1. The maximum atomic E-state index is 12.7. The average molecular weight is 521 g/mol. The molecule has 2 aromatic rings. The minimum absolute atomic E-state index is 0.0452. The van der Waals surface area contributed by atoms with Gasteiger partial charge >= 0.3 is 18.0 Å². The smallest absolute Gasteiger partial charge is 0.414 e. The van der Waals surface area contributed by atoms with Crippen LogP contribution in [0.4, 0.5) is 10.5 Å². The van der Waals surface area contributed by atoms with Gasteiger partial charge in [0.15, 0.2) is 0 Å². The van der Waals surface area contributed by atoms with Crippen LogP contribution in [0.1, 0.15) is 32.6 Å². The van der Waals surface area contributed by atoms with E-state index in [2.05, 4.69) is 15.2 Å². The predicted molar refractivity (Wildman–Crippen MR) is 134 cm³/mol. The van der Waals surface area contributed by atoms with Gasteiger partial charge in [0.25, 0.3) is 5.19 Å². The largest absolute Gasteiger partial charge is 0.492 e. The minimum Gasteiger partial charge on any atom is -0.492 e. The number of carbonyl (C=O) groups is 3. The van der Waals surface area contributed by atoms with Gasteiger partial charge in [-0.2, -0.15) is 0 Å². The van der Waals surface area contributed by atoms with Gasteiger partial charge in [-0.25, -0.2) is 19.4 Å². The van der Waals surface area contributed by atoms with E-state index in [0.717, 1.165) is 62.7 Å². The molecule has 1 aromatic heterocycles. The quantitative estimate of drug-likeness (QED) is 0.489. The molecule has 4 rings (SSSR count). The third-order valence-electron chi connectivity index (χ3n) is 6.03. The first-order valence-corrected chi connectivity index (χ1v) is 12.8. The Balaban J connectivity index is 0.000000538. The number of carboxylic acid groups (broad SMARTS) is 2. The van der Waals surface area contributed by atoms with E-state index in [4.69, 9.17) is 29.3 Å². The molecule has 3 heterocycles. The van der Waals surface area contributed by atoms with Gasteiger partial charge in [0.2, 0.25) is 0 Å². The third-order valence-corrected chi connectivity index (χ3v) is 6.69. The lowest BCUT2D eigenvalue weighted by molar-refractivity contribution is -0.159. The topological polar surface area (TPSA) is 142 Å². The molecule has 1 aromatic carbocycles. The number of thiazole rings is 1. The van der Waals surface area contributed by atoms with Crippen molar-refractivity contribution in [2.75, 3.05) is 38.1 Å². The molecule has 0 atom stereocenters. The predicted octanol–water partition coefficient (Wildman–Crippen LogP) is 3.24. The van der Waals surface area contributed by atoms with Crippen LogP contribution in [-0.4, -0.2) is 87.9 Å². The lowest BCUT2D eigenvalue weighted by Gasteiger charge is -2.41. The number of piperidine rings is 2. The zero-order valence-corrected chi connectivity index (χ0v) is 21.0. The molecule has 2 aliphatic heterocycles. The average Bonchev–Trinajstić information content (AvgIpc) is 3.39. The zero-order chi connectivity index (χ0) is 25.9. The molecule has 3 N–H and O–H groups in total. The summed E-state index contributed by atoms with van der Waals surface area (Å²) < 4.78 is 11.6. The summed E-state index contributed by atoms with van der Waals surface area (Å²) in [5.74, 6) is -2.93. The van der Waals surface area contributed by atoms with Crippen molar-refractivity contribution in [3.8, 4) is 10.9 Å². The standard InChI is InChI=1S/C22H30N4O3S.C2H2O4/c1-2-28-20-6-4-3-5-19(20)24-21(27)26-12-7-17(8-13-26)25-14-9-18(10-15-25)29-22-23-11-16-30-22;3-1(4)2(5)6/h3-6,11,16-18H,2,7-10,12-15H2,1H3,(H,24,27);(H,3,4)(H,5,6). The third kappa shape index (κ3) is 8.09. The van der Waals surface area contributed by atoms with Crippen LogP contribution in [-0.2, 0) is 9.59 Å². The van der Waals surface area contributed by atoms with Gasteiger partial charge in [-0.1, -0.05) is 23.5 Å². The number of ether oxygens (including phenoxy) is 2. The molecule has 36 heavy (non-hydrogen) atoms. The molecule has 0 saturated carbocycles. The molecular formula is C24H32N4O7S. The molecule has 196 valence electrons. The lowest BCUT2D eigenvalue weighted by atomic mass is 9.99. The molecule has 2 amide bonds. The highest BCUT2D eigenvalue weighted by molar-refractivity contribution is 7.11. The van der Waals surface area contributed by atoms with Crippen molar-refractivity contribution in [1.82, 2.24) is 14.8 Å². The summed E-state index contributed by atoms with van der Waals surface area (Å²) in [4.78, 5) is 39.6. The van der Waals surface area contributed by atoms with Gasteiger partial charge in [-0.15, -0.1) is 0 Å². The first kappa shape index (κ1) is 27.2. The molecule has 2 saturated heterocycles. The Bertz CT molecular complexity index is 976. The first-order chi connectivity index (χ1) is 17.4. The number of amides is 2. The Morgan fingerprint density at radius 1 is 1.06 bits per heavy atom. The fraction of sp³-hybridized carbons (Fsp3) is 0.500. The molecule has 11 nitrogen and oxygen atoms in total. The second-order valence-corrected chi connectivity index (χ2v) is 9.20. The van der Waals surface area contributed by atoms with Crippen molar-refractivity contribution in [1.29, 1.82) is 0 Å². The summed E-state index contributed by atoms with van der Waals surface area (Å²) in [5, 5.41) is 20.5. The monoisotopic (exact) mass is 520 g/mol. The number of urea groups is 1. The lowest BCUT2D eigenvalue weighted by Crippen LogP contribution is -2.50. The molecular weight excluding hydrogens is 488 g/mol. The van der Waals surface area contributed by atoms with Crippen molar-refractivity contribution in [3.63, 3.8) is 0 Å². The van der Waals surface area contributed by atoms with E-state index in [1.165, 1.54) is 0 Å². The second-order valence-electron chi connectivity index (χ2n) is 8.34. The Kier molecular flexibility index (Phi) is 10.3. The summed E-state index contributed by atoms with van der Waals surface area (Å²) in [6, 6.07) is 8.09.